The Morgan fingerprint density at radius 3 is 2.27 bits per heavy atom. The topological polar surface area (TPSA) is 102 Å². The van der Waals surface area contributed by atoms with Gasteiger partial charge in [0.25, 0.3) is 5.91 Å². The Kier molecular flexibility index (Phi) is 7.33. The second-order valence-electron chi connectivity index (χ2n) is 8.63. The fraction of sp³-hybridized carbons (Fsp3) is 0.308. The number of nitrogens with zero attached hydrogens (tertiary/aromatic N) is 2. The number of nitrogens with one attached hydrogen (secondary N) is 2. The van der Waals surface area contributed by atoms with Gasteiger partial charge in [-0.1, -0.05) is 19.1 Å². The first kappa shape index (κ1) is 25.9. The lowest BCUT2D eigenvalue weighted by molar-refractivity contribution is -0.138. The Morgan fingerprint density at radius 1 is 1.05 bits per heavy atom. The summed E-state index contributed by atoms with van der Waals surface area (Å²) in [7, 11) is 1.29. The van der Waals surface area contributed by atoms with Crippen LogP contribution < -0.4 is 20.1 Å². The van der Waals surface area contributed by atoms with Gasteiger partial charge in [0.05, 0.1) is 18.7 Å². The summed E-state index contributed by atoms with van der Waals surface area (Å²) < 4.78 is 50.8. The third-order valence-corrected chi connectivity index (χ3v) is 6.08. The molecule has 1 unspecified atom stereocenters. The van der Waals surface area contributed by atoms with E-state index in [0.29, 0.717) is 19.3 Å². The normalized spacial score (nSPS) is 14.8. The van der Waals surface area contributed by atoms with E-state index >= 15 is 0 Å². The van der Waals surface area contributed by atoms with Crippen molar-refractivity contribution in [3.8, 4) is 17.2 Å². The van der Waals surface area contributed by atoms with Crippen molar-refractivity contribution < 1.29 is 32.2 Å². The molecule has 1 fully saturated rings. The standard InChI is InChI=1S/C26H25F3N4O4/c1-3-21(32-24(35)25(10-11-25)33-23(34)17-13-30-15-31-14-17)16-4-6-18(7-5-16)37-22-9-8-19(36-2)12-20(22)26(27,28)29/h4-9,12-15,21H,3,10-11H2,1-2H3,(H,32,35)(H,33,34). The molecular weight excluding hydrogens is 489 g/mol. The van der Waals surface area contributed by atoms with Gasteiger partial charge < -0.3 is 20.1 Å². The smallest absolute Gasteiger partial charge is 0.420 e. The lowest BCUT2D eigenvalue weighted by Crippen LogP contribution is -2.49. The van der Waals surface area contributed by atoms with Gasteiger partial charge in [-0.15, -0.1) is 0 Å². The van der Waals surface area contributed by atoms with Gasteiger partial charge in [-0.2, -0.15) is 13.2 Å². The summed E-state index contributed by atoms with van der Waals surface area (Å²) in [6.45, 7) is 1.89. The van der Waals surface area contributed by atoms with Crippen molar-refractivity contribution in [3.63, 3.8) is 0 Å². The van der Waals surface area contributed by atoms with Crippen molar-refractivity contribution in [2.24, 2.45) is 0 Å². The van der Waals surface area contributed by atoms with Crippen LogP contribution in [0.3, 0.4) is 0 Å². The van der Waals surface area contributed by atoms with Gasteiger partial charge in [0, 0.05) is 12.4 Å². The number of hydrogen-bond acceptors (Lipinski definition) is 6. The van der Waals surface area contributed by atoms with Crippen molar-refractivity contribution in [3.05, 3.63) is 77.9 Å². The molecule has 0 radical (unpaired) electrons. The quantitative estimate of drug-likeness (QED) is 0.424. The van der Waals surface area contributed by atoms with Crippen LogP contribution in [0.15, 0.2) is 61.2 Å². The van der Waals surface area contributed by atoms with E-state index in [0.717, 1.165) is 11.6 Å². The van der Waals surface area contributed by atoms with Gasteiger partial charge in [0.1, 0.15) is 34.7 Å². The fourth-order valence-corrected chi connectivity index (χ4v) is 3.80. The van der Waals surface area contributed by atoms with Crippen molar-refractivity contribution in [2.75, 3.05) is 7.11 Å². The Labute approximate surface area is 211 Å². The van der Waals surface area contributed by atoms with Gasteiger partial charge in [0.2, 0.25) is 5.91 Å². The first-order chi connectivity index (χ1) is 17.6. The monoisotopic (exact) mass is 514 g/mol. The van der Waals surface area contributed by atoms with E-state index in [1.165, 1.54) is 38.0 Å². The Bertz CT molecular complexity index is 1260. The maximum Gasteiger partial charge on any atom is 0.420 e. The second kappa shape index (κ2) is 10.5. The molecule has 11 heteroatoms. The van der Waals surface area contributed by atoms with Gasteiger partial charge in [-0.05, 0) is 55.2 Å². The molecular formula is C26H25F3N4O4. The molecule has 0 bridgehead atoms. The predicted octanol–water partition coefficient (Wildman–Crippen LogP) is 4.83. The van der Waals surface area contributed by atoms with E-state index in [9.17, 15) is 22.8 Å². The van der Waals surface area contributed by atoms with E-state index < -0.39 is 23.2 Å². The molecule has 0 aliphatic heterocycles. The van der Waals surface area contributed by atoms with Crippen LogP contribution in [-0.2, 0) is 11.0 Å². The fourth-order valence-electron chi connectivity index (χ4n) is 3.80. The summed E-state index contributed by atoms with van der Waals surface area (Å²) in [6.07, 6.45) is 1.000. The van der Waals surface area contributed by atoms with Gasteiger partial charge in [0.15, 0.2) is 0 Å². The molecule has 3 aromatic rings. The van der Waals surface area contributed by atoms with E-state index in [1.54, 1.807) is 24.3 Å². The molecule has 194 valence electrons. The number of alkyl halides is 3. The van der Waals surface area contributed by atoms with E-state index in [2.05, 4.69) is 20.6 Å². The number of amides is 2. The molecule has 1 heterocycles. The number of methoxy groups -OCH3 is 1. The zero-order valence-corrected chi connectivity index (χ0v) is 20.1. The second-order valence-corrected chi connectivity index (χ2v) is 8.63. The molecule has 1 aromatic heterocycles. The van der Waals surface area contributed by atoms with Crippen LogP contribution in [0.5, 0.6) is 17.2 Å². The average molecular weight is 515 g/mol. The Morgan fingerprint density at radius 2 is 1.70 bits per heavy atom. The first-order valence-corrected chi connectivity index (χ1v) is 11.6. The highest BCUT2D eigenvalue weighted by Crippen LogP contribution is 2.40. The van der Waals surface area contributed by atoms with Gasteiger partial charge in [-0.25, -0.2) is 9.97 Å². The van der Waals surface area contributed by atoms with Crippen LogP contribution in [-0.4, -0.2) is 34.4 Å². The van der Waals surface area contributed by atoms with Crippen LogP contribution in [0.4, 0.5) is 13.2 Å². The molecule has 37 heavy (non-hydrogen) atoms. The summed E-state index contributed by atoms with van der Waals surface area (Å²) in [5.41, 5.74) is -0.943. The van der Waals surface area contributed by atoms with Crippen molar-refractivity contribution >= 4 is 11.8 Å². The number of aromatic nitrogens is 2. The summed E-state index contributed by atoms with van der Waals surface area (Å²) in [4.78, 5) is 33.1. The molecule has 0 saturated heterocycles. The van der Waals surface area contributed by atoms with Crippen LogP contribution in [0.2, 0.25) is 0 Å². The first-order valence-electron chi connectivity index (χ1n) is 11.6. The highest BCUT2D eigenvalue weighted by atomic mass is 19.4. The SMILES string of the molecule is CCC(NC(=O)C1(NC(=O)c2cncnc2)CC1)c1ccc(Oc2ccc(OC)cc2C(F)(F)F)cc1. The lowest BCUT2D eigenvalue weighted by atomic mass is 10.0. The largest absolute Gasteiger partial charge is 0.497 e. The molecule has 2 aromatic carbocycles. The molecule has 1 saturated carbocycles. The number of ether oxygens (including phenoxy) is 2. The average Bonchev–Trinajstić information content (AvgIpc) is 3.68. The van der Waals surface area contributed by atoms with Crippen LogP contribution in [0.25, 0.3) is 0 Å². The molecule has 8 nitrogen and oxygen atoms in total. The molecule has 0 spiro atoms. The maximum absolute atomic E-state index is 13.5. The highest BCUT2D eigenvalue weighted by Gasteiger charge is 2.51. The number of benzene rings is 2. The van der Waals surface area contributed by atoms with Crippen molar-refractivity contribution in [1.29, 1.82) is 0 Å². The lowest BCUT2D eigenvalue weighted by Gasteiger charge is -2.23. The zero-order chi connectivity index (χ0) is 26.6. The van der Waals surface area contributed by atoms with E-state index in [-0.39, 0.29) is 34.8 Å². The summed E-state index contributed by atoms with van der Waals surface area (Å²) in [5, 5.41) is 5.74. The maximum atomic E-state index is 13.5. The summed E-state index contributed by atoms with van der Waals surface area (Å²) in [6, 6.07) is 9.54. The third-order valence-electron chi connectivity index (χ3n) is 6.08. The van der Waals surface area contributed by atoms with Crippen LogP contribution in [0.1, 0.15) is 53.7 Å². The minimum atomic E-state index is -4.62. The number of rotatable bonds is 9. The minimum absolute atomic E-state index is 0.0679. The van der Waals surface area contributed by atoms with Gasteiger partial charge in [-0.3, -0.25) is 9.59 Å². The third kappa shape index (κ3) is 5.99. The minimum Gasteiger partial charge on any atom is -0.497 e. The van der Waals surface area contributed by atoms with Crippen molar-refractivity contribution in [2.45, 2.75) is 43.9 Å². The highest BCUT2D eigenvalue weighted by molar-refractivity contribution is 6.00. The number of carbonyl (C=O) groups excluding carboxylic acids is 2. The molecule has 2 amide bonds. The summed E-state index contributed by atoms with van der Waals surface area (Å²) in [5.74, 6) is -0.816. The molecule has 2 N–H and O–H groups in total. The molecule has 4 rings (SSSR count). The van der Waals surface area contributed by atoms with E-state index in [4.69, 9.17) is 9.47 Å². The Balaban J connectivity index is 1.43. The van der Waals surface area contributed by atoms with Crippen LogP contribution in [0, 0.1) is 0 Å². The van der Waals surface area contributed by atoms with E-state index in [1.807, 2.05) is 6.92 Å². The Hall–Kier alpha value is -4.15. The van der Waals surface area contributed by atoms with Gasteiger partial charge >= 0.3 is 6.18 Å². The number of halogens is 3. The zero-order valence-electron chi connectivity index (χ0n) is 20.1. The molecule has 1 aliphatic rings. The number of carbonyl (C=O) groups is 2. The summed E-state index contributed by atoms with van der Waals surface area (Å²) >= 11 is 0. The predicted molar refractivity (Wildman–Crippen MR) is 127 cm³/mol. The number of hydrogen-bond donors (Lipinski definition) is 2. The molecule has 1 aliphatic carbocycles. The molecule has 1 atom stereocenters. The van der Waals surface area contributed by atoms with Crippen LogP contribution >= 0.6 is 0 Å². The van der Waals surface area contributed by atoms with Crippen molar-refractivity contribution in [1.82, 2.24) is 20.6 Å².